The van der Waals surface area contributed by atoms with E-state index in [2.05, 4.69) is 43.5 Å². The number of esters is 1. The first-order valence-corrected chi connectivity index (χ1v) is 9.33. The van der Waals surface area contributed by atoms with Crippen LogP contribution in [0.4, 0.5) is 0 Å². The van der Waals surface area contributed by atoms with E-state index in [0.717, 1.165) is 13.6 Å². The normalized spacial score (nSPS) is 17.0. The van der Waals surface area contributed by atoms with Gasteiger partial charge in [-0.25, -0.2) is 9.79 Å². The van der Waals surface area contributed by atoms with Gasteiger partial charge in [0.15, 0.2) is 17.2 Å². The zero-order valence-corrected chi connectivity index (χ0v) is 16.9. The Morgan fingerprint density at radius 2 is 1.96 bits per heavy atom. The molecule has 0 unspecified atom stereocenters. The van der Waals surface area contributed by atoms with Crippen LogP contribution in [0.3, 0.4) is 0 Å². The molecular weight excluding hydrogens is 524 g/mol. The molecule has 5 nitrogen and oxygen atoms in total. The summed E-state index contributed by atoms with van der Waals surface area (Å²) in [6.45, 7) is 0.178. The summed E-state index contributed by atoms with van der Waals surface area (Å²) in [6, 6.07) is 8.98. The lowest BCUT2D eigenvalue weighted by Crippen LogP contribution is -2.06. The van der Waals surface area contributed by atoms with Crippen LogP contribution in [0.15, 0.2) is 45.5 Å². The molecule has 0 atom stereocenters. The van der Waals surface area contributed by atoms with Crippen molar-refractivity contribution in [2.45, 2.75) is 0 Å². The van der Waals surface area contributed by atoms with Crippen LogP contribution in [0, 0.1) is 3.57 Å². The highest BCUT2D eigenvalue weighted by Crippen LogP contribution is 2.38. The third kappa shape index (κ3) is 3.28. The molecule has 0 radical (unpaired) electrons. The van der Waals surface area contributed by atoms with Gasteiger partial charge in [-0.1, -0.05) is 27.5 Å². The van der Waals surface area contributed by atoms with Crippen molar-refractivity contribution in [3.63, 3.8) is 0 Å². The summed E-state index contributed by atoms with van der Waals surface area (Å²) in [5.74, 6) is 0.926. The minimum atomic E-state index is -0.533. The molecule has 0 aliphatic carbocycles. The first-order chi connectivity index (χ1) is 12.0. The largest absolute Gasteiger partial charge is 0.454 e. The number of ether oxygens (including phenoxy) is 3. The molecule has 4 rings (SSSR count). The third-order valence-electron chi connectivity index (χ3n) is 3.56. The van der Waals surface area contributed by atoms with E-state index in [4.69, 9.17) is 25.8 Å². The lowest BCUT2D eigenvalue weighted by Gasteiger charge is -2.02. The molecule has 0 amide bonds. The van der Waals surface area contributed by atoms with Crippen molar-refractivity contribution in [1.29, 1.82) is 0 Å². The number of nitrogens with zero attached hydrogens (tertiary/aromatic N) is 1. The van der Waals surface area contributed by atoms with E-state index >= 15 is 0 Å². The Bertz CT molecular complexity index is 973. The number of halogens is 3. The zero-order chi connectivity index (χ0) is 17.6. The number of hydrogen-bond donors (Lipinski definition) is 0. The van der Waals surface area contributed by atoms with Gasteiger partial charge in [0.1, 0.15) is 0 Å². The minimum absolute atomic E-state index is 0.178. The SMILES string of the molecule is O=C1OC(c2cc(I)ccc2Cl)=N/C1=C/c1cc2c(cc1Br)OCO2. The Hall–Kier alpha value is -1.58. The number of carbonyl (C=O) groups is 1. The van der Waals surface area contributed by atoms with Crippen molar-refractivity contribution in [1.82, 2.24) is 0 Å². The van der Waals surface area contributed by atoms with E-state index in [1.54, 1.807) is 24.3 Å². The predicted molar refractivity (Wildman–Crippen MR) is 105 cm³/mol. The molecule has 8 heteroatoms. The van der Waals surface area contributed by atoms with E-state index in [9.17, 15) is 4.79 Å². The van der Waals surface area contributed by atoms with Gasteiger partial charge in [0.2, 0.25) is 12.7 Å². The molecule has 126 valence electrons. The Kier molecular flexibility index (Phi) is 4.47. The first kappa shape index (κ1) is 16.9. The van der Waals surface area contributed by atoms with Gasteiger partial charge in [-0.3, -0.25) is 0 Å². The molecule has 0 fully saturated rings. The molecule has 0 bridgehead atoms. The van der Waals surface area contributed by atoms with Crippen LogP contribution in [-0.4, -0.2) is 18.7 Å². The summed E-state index contributed by atoms with van der Waals surface area (Å²) >= 11 is 11.8. The van der Waals surface area contributed by atoms with Gasteiger partial charge in [-0.2, -0.15) is 0 Å². The van der Waals surface area contributed by atoms with Gasteiger partial charge >= 0.3 is 5.97 Å². The van der Waals surface area contributed by atoms with Gasteiger partial charge in [0.05, 0.1) is 10.6 Å². The van der Waals surface area contributed by atoms with Crippen LogP contribution >= 0.6 is 50.1 Å². The lowest BCUT2D eigenvalue weighted by molar-refractivity contribution is -0.129. The minimum Gasteiger partial charge on any atom is -0.454 e. The Morgan fingerprint density at radius 1 is 1.20 bits per heavy atom. The van der Waals surface area contributed by atoms with Gasteiger partial charge in [-0.15, -0.1) is 0 Å². The fraction of sp³-hybridized carbons (Fsp3) is 0.0588. The average molecular weight is 533 g/mol. The quantitative estimate of drug-likeness (QED) is 0.318. The van der Waals surface area contributed by atoms with Crippen molar-refractivity contribution >= 4 is 68.1 Å². The van der Waals surface area contributed by atoms with Gasteiger partial charge in [-0.05, 0) is 64.6 Å². The molecule has 2 aromatic carbocycles. The van der Waals surface area contributed by atoms with E-state index in [-0.39, 0.29) is 18.4 Å². The fourth-order valence-corrected chi connectivity index (χ4v) is 3.50. The van der Waals surface area contributed by atoms with Crippen molar-refractivity contribution in [3.8, 4) is 11.5 Å². The second kappa shape index (κ2) is 6.62. The molecule has 0 aromatic heterocycles. The molecular formula is C17H8BrClINO4. The summed E-state index contributed by atoms with van der Waals surface area (Å²) in [5.41, 5.74) is 1.49. The topological polar surface area (TPSA) is 57.1 Å². The Labute approximate surface area is 169 Å². The van der Waals surface area contributed by atoms with Crippen LogP contribution in [0.5, 0.6) is 11.5 Å². The highest BCUT2D eigenvalue weighted by molar-refractivity contribution is 14.1. The molecule has 0 saturated carbocycles. The number of rotatable bonds is 2. The number of benzene rings is 2. The Morgan fingerprint density at radius 3 is 2.76 bits per heavy atom. The second-order valence-corrected chi connectivity index (χ2v) is 7.69. The standard InChI is InChI=1S/C17H8BrClINO4/c18-11-6-15-14(23-7-24-15)4-8(11)3-13-17(22)25-16(21-13)10-5-9(20)1-2-12(10)19/h1-6H,7H2/b13-3+. The number of cyclic esters (lactones) is 1. The molecule has 2 aromatic rings. The predicted octanol–water partition coefficient (Wildman–Crippen LogP) is 4.78. The van der Waals surface area contributed by atoms with E-state index < -0.39 is 5.97 Å². The van der Waals surface area contributed by atoms with Crippen molar-refractivity contribution in [2.75, 3.05) is 6.79 Å². The summed E-state index contributed by atoms with van der Waals surface area (Å²) in [5, 5.41) is 0.470. The Balaban J connectivity index is 1.73. The maximum absolute atomic E-state index is 12.2. The second-order valence-electron chi connectivity index (χ2n) is 5.19. The molecule has 0 N–H and O–H groups in total. The number of carbonyl (C=O) groups excluding carboxylic acids is 1. The third-order valence-corrected chi connectivity index (χ3v) is 5.25. The van der Waals surface area contributed by atoms with Crippen molar-refractivity contribution < 1.29 is 19.0 Å². The van der Waals surface area contributed by atoms with Crippen LogP contribution in [0.1, 0.15) is 11.1 Å². The molecule has 25 heavy (non-hydrogen) atoms. The zero-order valence-electron chi connectivity index (χ0n) is 12.4. The first-order valence-electron chi connectivity index (χ1n) is 7.08. The average Bonchev–Trinajstić information content (AvgIpc) is 3.17. The fourth-order valence-electron chi connectivity index (χ4n) is 2.38. The van der Waals surface area contributed by atoms with Gasteiger partial charge in [0, 0.05) is 8.04 Å². The maximum atomic E-state index is 12.2. The number of fused-ring (bicyclic) bond motifs is 1. The molecule has 2 heterocycles. The maximum Gasteiger partial charge on any atom is 0.363 e. The van der Waals surface area contributed by atoms with Crippen LogP contribution < -0.4 is 9.47 Å². The van der Waals surface area contributed by atoms with E-state index in [1.165, 1.54) is 0 Å². The van der Waals surface area contributed by atoms with Gasteiger partial charge in [0.25, 0.3) is 0 Å². The highest BCUT2D eigenvalue weighted by Gasteiger charge is 2.26. The lowest BCUT2D eigenvalue weighted by atomic mass is 10.1. The monoisotopic (exact) mass is 531 g/mol. The molecule has 0 saturated heterocycles. The molecule has 0 spiro atoms. The van der Waals surface area contributed by atoms with E-state index in [1.807, 2.05) is 12.1 Å². The van der Waals surface area contributed by atoms with Crippen LogP contribution in [-0.2, 0) is 9.53 Å². The van der Waals surface area contributed by atoms with E-state index in [0.29, 0.717) is 22.1 Å². The van der Waals surface area contributed by atoms with Crippen LogP contribution in [0.2, 0.25) is 5.02 Å². The van der Waals surface area contributed by atoms with Crippen molar-refractivity contribution in [2.24, 2.45) is 4.99 Å². The van der Waals surface area contributed by atoms with Crippen LogP contribution in [0.25, 0.3) is 6.08 Å². The summed E-state index contributed by atoms with van der Waals surface area (Å²) < 4.78 is 17.7. The van der Waals surface area contributed by atoms with Crippen molar-refractivity contribution in [3.05, 3.63) is 60.2 Å². The van der Waals surface area contributed by atoms with Gasteiger partial charge < -0.3 is 14.2 Å². The number of aliphatic imine (C=N–C) groups is 1. The smallest absolute Gasteiger partial charge is 0.363 e. The summed E-state index contributed by atoms with van der Waals surface area (Å²) in [4.78, 5) is 16.5. The number of hydrogen-bond acceptors (Lipinski definition) is 5. The summed E-state index contributed by atoms with van der Waals surface area (Å²) in [7, 11) is 0. The molecule has 2 aliphatic heterocycles. The highest BCUT2D eigenvalue weighted by atomic mass is 127. The molecule has 2 aliphatic rings. The summed E-state index contributed by atoms with van der Waals surface area (Å²) in [6.07, 6.45) is 1.63.